The van der Waals surface area contributed by atoms with Crippen molar-refractivity contribution < 1.29 is 4.79 Å². The van der Waals surface area contributed by atoms with Gasteiger partial charge in [-0.05, 0) is 36.2 Å². The van der Waals surface area contributed by atoms with Crippen molar-refractivity contribution in [3.05, 3.63) is 48.0 Å². The number of hydrogen-bond acceptors (Lipinski definition) is 2. The number of carbonyl (C=O) groups excluding carboxylic acids is 1. The monoisotopic (exact) mass is 256 g/mol. The smallest absolute Gasteiger partial charge is 0.224 e. The van der Waals surface area contributed by atoms with E-state index in [1.54, 1.807) is 0 Å². The van der Waals surface area contributed by atoms with Gasteiger partial charge in [-0.3, -0.25) is 4.79 Å². The quantitative estimate of drug-likeness (QED) is 0.862. The Morgan fingerprint density at radius 3 is 2.68 bits per heavy atom. The second-order valence-electron chi connectivity index (χ2n) is 4.90. The van der Waals surface area contributed by atoms with Crippen molar-refractivity contribution in [3.63, 3.8) is 0 Å². The van der Waals surface area contributed by atoms with Gasteiger partial charge in [-0.15, -0.1) is 0 Å². The molecular formula is C16H20N2O. The summed E-state index contributed by atoms with van der Waals surface area (Å²) in [4.78, 5) is 11.9. The molecule has 0 aliphatic heterocycles. The molecule has 1 atom stereocenters. The molecule has 0 aromatic heterocycles. The summed E-state index contributed by atoms with van der Waals surface area (Å²) in [6.45, 7) is 2.57. The standard InChI is InChI=1S/C16H20N2O/c1-12(8-9-17)18-16(19)11-13-6-7-14-4-2-3-5-15(14)10-13/h2-7,10,12H,8-9,11,17H2,1H3,(H,18,19). The molecular weight excluding hydrogens is 236 g/mol. The largest absolute Gasteiger partial charge is 0.353 e. The minimum atomic E-state index is 0.0521. The molecule has 2 aromatic rings. The lowest BCUT2D eigenvalue weighted by atomic mass is 10.0. The summed E-state index contributed by atoms with van der Waals surface area (Å²) in [5.74, 6) is 0.0521. The summed E-state index contributed by atoms with van der Waals surface area (Å²) in [6, 6.07) is 14.4. The second-order valence-corrected chi connectivity index (χ2v) is 4.90. The molecule has 0 saturated heterocycles. The van der Waals surface area contributed by atoms with Crippen molar-refractivity contribution >= 4 is 16.7 Å². The Hall–Kier alpha value is -1.87. The third-order valence-corrected chi connectivity index (χ3v) is 3.19. The number of fused-ring (bicyclic) bond motifs is 1. The van der Waals surface area contributed by atoms with Gasteiger partial charge in [0.1, 0.15) is 0 Å². The zero-order chi connectivity index (χ0) is 13.7. The third-order valence-electron chi connectivity index (χ3n) is 3.19. The molecule has 3 heteroatoms. The summed E-state index contributed by atoms with van der Waals surface area (Å²) < 4.78 is 0. The Kier molecular flexibility index (Phi) is 4.53. The molecule has 100 valence electrons. The molecule has 19 heavy (non-hydrogen) atoms. The molecule has 0 aliphatic rings. The van der Waals surface area contributed by atoms with E-state index in [0.717, 1.165) is 12.0 Å². The lowest BCUT2D eigenvalue weighted by Gasteiger charge is -2.12. The molecule has 2 aromatic carbocycles. The Balaban J connectivity index is 2.02. The van der Waals surface area contributed by atoms with E-state index in [1.165, 1.54) is 10.8 Å². The summed E-state index contributed by atoms with van der Waals surface area (Å²) in [5.41, 5.74) is 6.51. The van der Waals surface area contributed by atoms with Crippen molar-refractivity contribution in [2.24, 2.45) is 5.73 Å². The first-order valence-electron chi connectivity index (χ1n) is 6.66. The molecule has 0 radical (unpaired) electrons. The zero-order valence-electron chi connectivity index (χ0n) is 11.2. The van der Waals surface area contributed by atoms with Crippen LogP contribution in [0.3, 0.4) is 0 Å². The predicted octanol–water partition coefficient (Wildman–Crippen LogP) is 2.24. The molecule has 3 N–H and O–H groups in total. The SMILES string of the molecule is CC(CCN)NC(=O)Cc1ccc2ccccc2c1. The van der Waals surface area contributed by atoms with Crippen LogP contribution in [0.2, 0.25) is 0 Å². The number of nitrogens with two attached hydrogens (primary N) is 1. The van der Waals surface area contributed by atoms with Crippen LogP contribution in [0.25, 0.3) is 10.8 Å². The summed E-state index contributed by atoms with van der Waals surface area (Å²) in [5, 5.41) is 5.33. The van der Waals surface area contributed by atoms with Crippen LogP contribution < -0.4 is 11.1 Å². The predicted molar refractivity (Wildman–Crippen MR) is 78.9 cm³/mol. The van der Waals surface area contributed by atoms with Crippen molar-refractivity contribution in [1.82, 2.24) is 5.32 Å². The van der Waals surface area contributed by atoms with Crippen LogP contribution in [0.1, 0.15) is 18.9 Å². The maximum atomic E-state index is 11.9. The number of amides is 1. The normalized spacial score (nSPS) is 12.3. The Labute approximate surface area is 113 Å². The first-order valence-corrected chi connectivity index (χ1v) is 6.66. The zero-order valence-corrected chi connectivity index (χ0v) is 11.2. The van der Waals surface area contributed by atoms with Crippen molar-refractivity contribution in [2.45, 2.75) is 25.8 Å². The van der Waals surface area contributed by atoms with Gasteiger partial charge in [0.15, 0.2) is 0 Å². The summed E-state index contributed by atoms with van der Waals surface area (Å²) in [7, 11) is 0. The van der Waals surface area contributed by atoms with Crippen molar-refractivity contribution in [2.75, 3.05) is 6.54 Å². The van der Waals surface area contributed by atoms with Gasteiger partial charge in [-0.2, -0.15) is 0 Å². The molecule has 1 amide bonds. The van der Waals surface area contributed by atoms with Crippen LogP contribution >= 0.6 is 0 Å². The van der Waals surface area contributed by atoms with Gasteiger partial charge in [0.25, 0.3) is 0 Å². The Morgan fingerprint density at radius 1 is 1.21 bits per heavy atom. The Morgan fingerprint density at radius 2 is 1.95 bits per heavy atom. The van der Waals surface area contributed by atoms with Gasteiger partial charge in [0.05, 0.1) is 6.42 Å². The van der Waals surface area contributed by atoms with Crippen LogP contribution in [-0.4, -0.2) is 18.5 Å². The molecule has 3 nitrogen and oxygen atoms in total. The van der Waals surface area contributed by atoms with E-state index in [-0.39, 0.29) is 11.9 Å². The highest BCUT2D eigenvalue weighted by Crippen LogP contribution is 2.15. The molecule has 0 fully saturated rings. The van der Waals surface area contributed by atoms with Crippen molar-refractivity contribution in [1.29, 1.82) is 0 Å². The highest BCUT2D eigenvalue weighted by Gasteiger charge is 2.07. The Bertz CT molecular complexity index is 565. The first kappa shape index (κ1) is 13.6. The average molecular weight is 256 g/mol. The number of rotatable bonds is 5. The van der Waals surface area contributed by atoms with Crippen LogP contribution in [0.4, 0.5) is 0 Å². The van der Waals surface area contributed by atoms with E-state index < -0.39 is 0 Å². The maximum Gasteiger partial charge on any atom is 0.224 e. The highest BCUT2D eigenvalue weighted by molar-refractivity contribution is 5.85. The molecule has 0 aliphatic carbocycles. The topological polar surface area (TPSA) is 55.1 Å². The van der Waals surface area contributed by atoms with Gasteiger partial charge in [0.2, 0.25) is 5.91 Å². The van der Waals surface area contributed by atoms with Gasteiger partial charge >= 0.3 is 0 Å². The molecule has 0 saturated carbocycles. The van der Waals surface area contributed by atoms with Crippen LogP contribution in [0.15, 0.2) is 42.5 Å². The highest BCUT2D eigenvalue weighted by atomic mass is 16.1. The van der Waals surface area contributed by atoms with Crippen LogP contribution in [0.5, 0.6) is 0 Å². The average Bonchev–Trinajstić information content (AvgIpc) is 2.38. The second kappa shape index (κ2) is 6.34. The number of hydrogen-bond donors (Lipinski definition) is 2. The van der Waals surface area contributed by atoms with E-state index in [0.29, 0.717) is 13.0 Å². The lowest BCUT2D eigenvalue weighted by Crippen LogP contribution is -2.35. The fourth-order valence-electron chi connectivity index (χ4n) is 2.18. The number of nitrogens with one attached hydrogen (secondary N) is 1. The maximum absolute atomic E-state index is 11.9. The van der Waals surface area contributed by atoms with Crippen molar-refractivity contribution in [3.8, 4) is 0 Å². The van der Waals surface area contributed by atoms with Gasteiger partial charge in [0, 0.05) is 6.04 Å². The van der Waals surface area contributed by atoms with Gasteiger partial charge in [-0.1, -0.05) is 42.5 Å². The minimum Gasteiger partial charge on any atom is -0.353 e. The molecule has 1 unspecified atom stereocenters. The van der Waals surface area contributed by atoms with E-state index >= 15 is 0 Å². The van der Waals surface area contributed by atoms with E-state index in [2.05, 4.69) is 29.6 Å². The molecule has 2 rings (SSSR count). The number of benzene rings is 2. The molecule has 0 bridgehead atoms. The fourth-order valence-corrected chi connectivity index (χ4v) is 2.18. The molecule has 0 spiro atoms. The fraction of sp³-hybridized carbons (Fsp3) is 0.312. The van der Waals surface area contributed by atoms with E-state index in [9.17, 15) is 4.79 Å². The summed E-state index contributed by atoms with van der Waals surface area (Å²) in [6.07, 6.45) is 1.23. The van der Waals surface area contributed by atoms with Gasteiger partial charge in [-0.25, -0.2) is 0 Å². The first-order chi connectivity index (χ1) is 9.19. The third kappa shape index (κ3) is 3.80. The lowest BCUT2D eigenvalue weighted by molar-refractivity contribution is -0.121. The van der Waals surface area contributed by atoms with Crippen LogP contribution in [0, 0.1) is 0 Å². The van der Waals surface area contributed by atoms with E-state index in [4.69, 9.17) is 5.73 Å². The number of carbonyl (C=O) groups is 1. The molecule has 0 heterocycles. The van der Waals surface area contributed by atoms with Gasteiger partial charge < -0.3 is 11.1 Å². The minimum absolute atomic E-state index is 0.0521. The van der Waals surface area contributed by atoms with E-state index in [1.807, 2.05) is 25.1 Å². The summed E-state index contributed by atoms with van der Waals surface area (Å²) >= 11 is 0. The van der Waals surface area contributed by atoms with Crippen LogP contribution in [-0.2, 0) is 11.2 Å².